The van der Waals surface area contributed by atoms with Crippen molar-refractivity contribution < 1.29 is 17.9 Å². The van der Waals surface area contributed by atoms with Crippen molar-refractivity contribution in [2.75, 3.05) is 20.3 Å². The molecule has 4 rings (SSSR count). The summed E-state index contributed by atoms with van der Waals surface area (Å²) in [5.41, 5.74) is 0.659. The van der Waals surface area contributed by atoms with E-state index in [9.17, 15) is 8.42 Å². The molecular formula is C19H26N4O4S. The quantitative estimate of drug-likeness (QED) is 0.750. The lowest BCUT2D eigenvalue weighted by molar-refractivity contribution is 0.0936. The van der Waals surface area contributed by atoms with Crippen molar-refractivity contribution in [3.63, 3.8) is 0 Å². The summed E-state index contributed by atoms with van der Waals surface area (Å²) >= 11 is 0. The Morgan fingerprint density at radius 3 is 2.89 bits per heavy atom. The molecule has 0 saturated carbocycles. The largest absolute Gasteiger partial charge is 0.497 e. The highest BCUT2D eigenvalue weighted by molar-refractivity contribution is 7.90. The number of aromatic nitrogens is 3. The molecule has 28 heavy (non-hydrogen) atoms. The van der Waals surface area contributed by atoms with E-state index in [1.165, 1.54) is 0 Å². The number of benzene rings is 1. The van der Waals surface area contributed by atoms with Crippen molar-refractivity contribution in [3.8, 4) is 5.75 Å². The first-order valence-electron chi connectivity index (χ1n) is 9.70. The van der Waals surface area contributed by atoms with Gasteiger partial charge in [0.15, 0.2) is 5.82 Å². The van der Waals surface area contributed by atoms with E-state index < -0.39 is 9.84 Å². The molecule has 0 bridgehead atoms. The molecule has 2 saturated heterocycles. The Bertz CT molecular complexity index is 916. The summed E-state index contributed by atoms with van der Waals surface area (Å²) in [5.74, 6) is 1.17. The Balaban J connectivity index is 1.66. The van der Waals surface area contributed by atoms with Gasteiger partial charge in [-0.05, 0) is 49.9 Å². The zero-order valence-corrected chi connectivity index (χ0v) is 16.8. The molecule has 2 unspecified atom stereocenters. The van der Waals surface area contributed by atoms with E-state index in [1.54, 1.807) is 35.9 Å². The molecule has 3 heterocycles. The zero-order chi connectivity index (χ0) is 19.6. The number of rotatable bonds is 7. The van der Waals surface area contributed by atoms with E-state index in [0.29, 0.717) is 23.7 Å². The third kappa shape index (κ3) is 4.06. The summed E-state index contributed by atoms with van der Waals surface area (Å²) in [4.78, 5) is 0. The Kier molecular flexibility index (Phi) is 5.65. The predicted octanol–water partition coefficient (Wildman–Crippen LogP) is 1.86. The van der Waals surface area contributed by atoms with E-state index in [2.05, 4.69) is 15.5 Å². The lowest BCUT2D eigenvalue weighted by atomic mass is 10.2. The second-order valence-electron chi connectivity index (χ2n) is 7.35. The van der Waals surface area contributed by atoms with Gasteiger partial charge in [0.2, 0.25) is 15.0 Å². The standard InChI is InChI=1S/C19H26N4O4S/c1-26-15-6-2-5-14(11-15)13-28(24,25)19-22-21-18(17-8-3-9-20-17)23(19)12-16-7-4-10-27-16/h2,5-6,11,16-17,20H,3-4,7-10,12-13H2,1H3. The summed E-state index contributed by atoms with van der Waals surface area (Å²) in [6.07, 6.45) is 3.89. The minimum Gasteiger partial charge on any atom is -0.497 e. The summed E-state index contributed by atoms with van der Waals surface area (Å²) in [6, 6.07) is 7.13. The van der Waals surface area contributed by atoms with Crippen molar-refractivity contribution in [3.05, 3.63) is 35.7 Å². The topological polar surface area (TPSA) is 95.3 Å². The molecule has 1 aromatic carbocycles. The Morgan fingerprint density at radius 1 is 1.29 bits per heavy atom. The minimum atomic E-state index is -3.67. The van der Waals surface area contributed by atoms with Gasteiger partial charge in [-0.3, -0.25) is 4.57 Å². The van der Waals surface area contributed by atoms with Crippen LogP contribution in [0.2, 0.25) is 0 Å². The van der Waals surface area contributed by atoms with Gasteiger partial charge in [0.05, 0.1) is 31.6 Å². The molecule has 1 aromatic heterocycles. The normalized spacial score (nSPS) is 22.6. The summed E-state index contributed by atoms with van der Waals surface area (Å²) in [5, 5.41) is 11.8. The van der Waals surface area contributed by atoms with Crippen LogP contribution in [0, 0.1) is 0 Å². The van der Waals surface area contributed by atoms with Crippen LogP contribution in [0.3, 0.4) is 0 Å². The molecule has 1 N–H and O–H groups in total. The van der Waals surface area contributed by atoms with Gasteiger partial charge in [-0.1, -0.05) is 12.1 Å². The highest BCUT2D eigenvalue weighted by atomic mass is 32.2. The molecule has 9 heteroatoms. The highest BCUT2D eigenvalue weighted by Crippen LogP contribution is 2.27. The van der Waals surface area contributed by atoms with Crippen molar-refractivity contribution in [2.24, 2.45) is 0 Å². The smallest absolute Gasteiger partial charge is 0.250 e. The van der Waals surface area contributed by atoms with Crippen LogP contribution in [0.1, 0.15) is 43.1 Å². The van der Waals surface area contributed by atoms with Gasteiger partial charge in [-0.15, -0.1) is 10.2 Å². The number of hydrogen-bond donors (Lipinski definition) is 1. The molecule has 2 aliphatic heterocycles. The first-order valence-corrected chi connectivity index (χ1v) is 11.4. The molecule has 0 radical (unpaired) electrons. The van der Waals surface area contributed by atoms with Gasteiger partial charge < -0.3 is 14.8 Å². The average Bonchev–Trinajstić information content (AvgIpc) is 3.43. The molecule has 2 atom stereocenters. The minimum absolute atomic E-state index is 0.00178. The van der Waals surface area contributed by atoms with Crippen LogP contribution in [-0.4, -0.2) is 49.5 Å². The number of sulfone groups is 1. The van der Waals surface area contributed by atoms with Gasteiger partial charge in [0.25, 0.3) is 0 Å². The maximum absolute atomic E-state index is 13.2. The van der Waals surface area contributed by atoms with Gasteiger partial charge in [0, 0.05) is 6.61 Å². The SMILES string of the molecule is COc1cccc(CS(=O)(=O)c2nnc(C3CCCN3)n2CC2CCCO2)c1. The molecule has 2 aromatic rings. The van der Waals surface area contributed by atoms with Crippen molar-refractivity contribution in [1.29, 1.82) is 0 Å². The van der Waals surface area contributed by atoms with Gasteiger partial charge in [-0.25, -0.2) is 8.42 Å². The number of methoxy groups -OCH3 is 1. The summed E-state index contributed by atoms with van der Waals surface area (Å²) in [7, 11) is -2.11. The average molecular weight is 407 g/mol. The number of hydrogen-bond acceptors (Lipinski definition) is 7. The van der Waals surface area contributed by atoms with Crippen molar-refractivity contribution in [1.82, 2.24) is 20.1 Å². The molecule has 152 valence electrons. The van der Waals surface area contributed by atoms with Gasteiger partial charge >= 0.3 is 0 Å². The van der Waals surface area contributed by atoms with Crippen LogP contribution in [0.15, 0.2) is 29.4 Å². The molecule has 0 amide bonds. The molecule has 8 nitrogen and oxygen atoms in total. The second-order valence-corrected chi connectivity index (χ2v) is 9.23. The summed E-state index contributed by atoms with van der Waals surface area (Å²) < 4.78 is 39.1. The van der Waals surface area contributed by atoms with Crippen LogP contribution in [0.5, 0.6) is 5.75 Å². The third-order valence-corrected chi connectivity index (χ3v) is 6.87. The number of nitrogens with one attached hydrogen (secondary N) is 1. The van der Waals surface area contributed by atoms with Gasteiger partial charge in [-0.2, -0.15) is 0 Å². The zero-order valence-electron chi connectivity index (χ0n) is 16.0. The fourth-order valence-electron chi connectivity index (χ4n) is 3.90. The van der Waals surface area contributed by atoms with Crippen molar-refractivity contribution in [2.45, 2.75) is 55.3 Å². The highest BCUT2D eigenvalue weighted by Gasteiger charge is 2.31. The fraction of sp³-hybridized carbons (Fsp3) is 0.579. The van der Waals surface area contributed by atoms with Crippen LogP contribution in [0.4, 0.5) is 0 Å². The monoisotopic (exact) mass is 406 g/mol. The van der Waals surface area contributed by atoms with Crippen LogP contribution in [0.25, 0.3) is 0 Å². The van der Waals surface area contributed by atoms with E-state index in [1.807, 2.05) is 0 Å². The molecular weight excluding hydrogens is 380 g/mol. The Labute approximate surface area is 165 Å². The maximum Gasteiger partial charge on any atom is 0.250 e. The second kappa shape index (κ2) is 8.18. The first kappa shape index (κ1) is 19.4. The van der Waals surface area contributed by atoms with E-state index in [4.69, 9.17) is 9.47 Å². The van der Waals surface area contributed by atoms with Crippen LogP contribution < -0.4 is 10.1 Å². The van der Waals surface area contributed by atoms with Crippen LogP contribution in [-0.2, 0) is 26.9 Å². The summed E-state index contributed by atoms with van der Waals surface area (Å²) in [6.45, 7) is 2.09. The van der Waals surface area contributed by atoms with Gasteiger partial charge in [0.1, 0.15) is 5.75 Å². The van der Waals surface area contributed by atoms with E-state index in [-0.39, 0.29) is 23.1 Å². The van der Waals surface area contributed by atoms with Crippen molar-refractivity contribution >= 4 is 9.84 Å². The molecule has 2 aliphatic rings. The third-order valence-electron chi connectivity index (χ3n) is 5.30. The molecule has 2 fully saturated rings. The number of nitrogens with zero attached hydrogens (tertiary/aromatic N) is 3. The van der Waals surface area contributed by atoms with E-state index >= 15 is 0 Å². The lowest BCUT2D eigenvalue weighted by Crippen LogP contribution is -2.25. The van der Waals surface area contributed by atoms with Crippen LogP contribution >= 0.6 is 0 Å². The first-order chi connectivity index (χ1) is 13.6. The predicted molar refractivity (Wildman–Crippen MR) is 103 cm³/mol. The number of ether oxygens (including phenoxy) is 2. The Hall–Kier alpha value is -1.97. The van der Waals surface area contributed by atoms with E-state index in [0.717, 1.165) is 38.8 Å². The fourth-order valence-corrected chi connectivity index (χ4v) is 5.32. The molecule has 0 spiro atoms. The molecule has 0 aliphatic carbocycles. The lowest BCUT2D eigenvalue weighted by Gasteiger charge is -2.17. The Morgan fingerprint density at radius 2 is 2.18 bits per heavy atom. The maximum atomic E-state index is 13.2.